The maximum atomic E-state index is 12.7. The van der Waals surface area contributed by atoms with Gasteiger partial charge in [0.2, 0.25) is 0 Å². The topological polar surface area (TPSA) is 97.4 Å². The maximum absolute atomic E-state index is 12.7. The zero-order valence-corrected chi connectivity index (χ0v) is 11.7. The van der Waals surface area contributed by atoms with E-state index in [9.17, 15) is 18.0 Å². The van der Waals surface area contributed by atoms with Gasteiger partial charge in [0.15, 0.2) is 11.4 Å². The number of azo groups is 1. The smallest absolute Gasteiger partial charge is 0.292 e. The number of nitrogens with zero attached hydrogens (tertiary/aromatic N) is 2. The normalized spacial score (nSPS) is 22.0. The Hall–Kier alpha value is -2.46. The summed E-state index contributed by atoms with van der Waals surface area (Å²) >= 11 is 0. The van der Waals surface area contributed by atoms with Crippen LogP contribution in [0.15, 0.2) is 45.4 Å². The summed E-state index contributed by atoms with van der Waals surface area (Å²) in [5.41, 5.74) is 3.86. The highest BCUT2D eigenvalue weighted by Crippen LogP contribution is 2.33. The molecule has 1 saturated heterocycles. The minimum atomic E-state index is -4.71. The minimum Gasteiger partial charge on any atom is -0.292 e. The molecule has 1 aliphatic heterocycles. The van der Waals surface area contributed by atoms with Crippen molar-refractivity contribution in [2.24, 2.45) is 10.2 Å². The molecule has 2 aromatic rings. The van der Waals surface area contributed by atoms with E-state index in [1.165, 1.54) is 0 Å². The van der Waals surface area contributed by atoms with Crippen molar-refractivity contribution in [3.05, 3.63) is 51.9 Å². The first-order valence-electron chi connectivity index (χ1n) is 6.80. The number of H-pyrrole nitrogens is 2. The van der Waals surface area contributed by atoms with Crippen LogP contribution in [0.2, 0.25) is 0 Å². The molecule has 3 rings (SSSR count). The number of aromatic amines is 2. The van der Waals surface area contributed by atoms with Crippen LogP contribution < -0.4 is 16.4 Å². The van der Waals surface area contributed by atoms with E-state index in [0.29, 0.717) is 6.42 Å². The number of hydrogen-bond donors (Lipinski definition) is 4. The number of benzene rings is 1. The molecule has 2 unspecified atom stereocenters. The third-order valence-electron chi connectivity index (χ3n) is 3.42. The van der Waals surface area contributed by atoms with Crippen LogP contribution in [0, 0.1) is 0 Å². The summed E-state index contributed by atoms with van der Waals surface area (Å²) in [6, 6.07) is 9.49. The van der Waals surface area contributed by atoms with Crippen molar-refractivity contribution in [2.45, 2.75) is 24.8 Å². The van der Waals surface area contributed by atoms with Crippen molar-refractivity contribution >= 4 is 5.69 Å². The van der Waals surface area contributed by atoms with Gasteiger partial charge in [-0.25, -0.2) is 10.9 Å². The predicted molar refractivity (Wildman–Crippen MR) is 74.8 cm³/mol. The SMILES string of the molecule is O=c1[nH][nH]c(C(F)(F)F)c1N=NC1CC(c2ccccc2)NN1. The number of hydrogen-bond acceptors (Lipinski definition) is 5. The van der Waals surface area contributed by atoms with Gasteiger partial charge >= 0.3 is 6.18 Å². The largest absolute Gasteiger partial charge is 0.435 e. The summed E-state index contributed by atoms with van der Waals surface area (Å²) in [5.74, 6) is 0. The summed E-state index contributed by atoms with van der Waals surface area (Å²) in [4.78, 5) is 11.4. The Kier molecular flexibility index (Phi) is 4.01. The second-order valence-corrected chi connectivity index (χ2v) is 5.02. The molecular weight excluding hydrogens is 313 g/mol. The predicted octanol–water partition coefficient (Wildman–Crippen LogP) is 2.37. The third kappa shape index (κ3) is 3.32. The molecule has 1 aliphatic rings. The highest BCUT2D eigenvalue weighted by Gasteiger charge is 2.37. The molecule has 1 fully saturated rings. The van der Waals surface area contributed by atoms with E-state index in [1.807, 2.05) is 35.4 Å². The highest BCUT2D eigenvalue weighted by atomic mass is 19.4. The standard InChI is InChI=1S/C13H13F3N6O/c14-13(15,16)11-10(12(23)22-21-11)20-19-9-6-8(17-18-9)7-4-2-1-3-5-7/h1-5,8-9,17-18H,6H2,(H2,21,22,23). The van der Waals surface area contributed by atoms with Crippen LogP contribution >= 0.6 is 0 Å². The second kappa shape index (κ2) is 5.97. The lowest BCUT2D eigenvalue weighted by Gasteiger charge is -2.07. The van der Waals surface area contributed by atoms with Crippen molar-refractivity contribution in [1.29, 1.82) is 0 Å². The van der Waals surface area contributed by atoms with Crippen molar-refractivity contribution < 1.29 is 13.2 Å². The van der Waals surface area contributed by atoms with Gasteiger partial charge in [0.1, 0.15) is 6.17 Å². The Bertz CT molecular complexity index is 751. The van der Waals surface area contributed by atoms with E-state index < -0.39 is 29.3 Å². The van der Waals surface area contributed by atoms with Gasteiger partial charge < -0.3 is 0 Å². The van der Waals surface area contributed by atoms with E-state index >= 15 is 0 Å². The molecule has 0 spiro atoms. The molecule has 0 saturated carbocycles. The van der Waals surface area contributed by atoms with Gasteiger partial charge in [0.25, 0.3) is 5.56 Å². The summed E-state index contributed by atoms with van der Waals surface area (Å²) in [5, 5.41) is 10.9. The van der Waals surface area contributed by atoms with E-state index in [4.69, 9.17) is 0 Å². The number of alkyl halides is 3. The van der Waals surface area contributed by atoms with Crippen LogP contribution in [0.25, 0.3) is 0 Å². The first kappa shape index (κ1) is 15.4. The molecule has 10 heteroatoms. The molecule has 0 radical (unpaired) electrons. The molecule has 0 bridgehead atoms. The molecule has 23 heavy (non-hydrogen) atoms. The Morgan fingerprint density at radius 3 is 2.52 bits per heavy atom. The fourth-order valence-corrected chi connectivity index (χ4v) is 2.30. The molecule has 2 atom stereocenters. The number of hydrazine groups is 1. The van der Waals surface area contributed by atoms with Gasteiger partial charge in [-0.1, -0.05) is 30.3 Å². The maximum Gasteiger partial charge on any atom is 0.435 e. The van der Waals surface area contributed by atoms with Crippen molar-refractivity contribution in [3.8, 4) is 0 Å². The lowest BCUT2D eigenvalue weighted by atomic mass is 10.1. The van der Waals surface area contributed by atoms with E-state index in [-0.39, 0.29) is 6.04 Å². The zero-order chi connectivity index (χ0) is 16.4. The van der Waals surface area contributed by atoms with Gasteiger partial charge in [0.05, 0.1) is 0 Å². The summed E-state index contributed by atoms with van der Waals surface area (Å²) in [6.07, 6.45) is -4.74. The average molecular weight is 326 g/mol. The molecule has 4 N–H and O–H groups in total. The molecule has 1 aromatic carbocycles. The van der Waals surface area contributed by atoms with Crippen molar-refractivity contribution in [1.82, 2.24) is 21.0 Å². The van der Waals surface area contributed by atoms with Crippen LogP contribution in [0.5, 0.6) is 0 Å². The van der Waals surface area contributed by atoms with E-state index in [0.717, 1.165) is 5.56 Å². The van der Waals surface area contributed by atoms with Crippen LogP contribution in [0.1, 0.15) is 23.7 Å². The molecule has 0 amide bonds. The van der Waals surface area contributed by atoms with Gasteiger partial charge in [-0.3, -0.25) is 15.0 Å². The fourth-order valence-electron chi connectivity index (χ4n) is 2.30. The lowest BCUT2D eigenvalue weighted by molar-refractivity contribution is -0.140. The Morgan fingerprint density at radius 1 is 1.09 bits per heavy atom. The van der Waals surface area contributed by atoms with Gasteiger partial charge in [0, 0.05) is 12.5 Å². The summed E-state index contributed by atoms with van der Waals surface area (Å²) in [6.45, 7) is 0. The Balaban J connectivity index is 1.73. The Morgan fingerprint density at radius 2 is 1.83 bits per heavy atom. The monoisotopic (exact) mass is 326 g/mol. The highest BCUT2D eigenvalue weighted by molar-refractivity contribution is 5.40. The van der Waals surface area contributed by atoms with Crippen LogP contribution in [-0.4, -0.2) is 16.4 Å². The first-order valence-corrected chi connectivity index (χ1v) is 6.80. The molecule has 1 aromatic heterocycles. The summed E-state index contributed by atoms with van der Waals surface area (Å²) in [7, 11) is 0. The molecular formula is C13H13F3N6O. The van der Waals surface area contributed by atoms with Crippen LogP contribution in [0.3, 0.4) is 0 Å². The van der Waals surface area contributed by atoms with Gasteiger partial charge in [-0.15, -0.1) is 5.11 Å². The van der Waals surface area contributed by atoms with Gasteiger partial charge in [-0.2, -0.15) is 18.3 Å². The van der Waals surface area contributed by atoms with Crippen molar-refractivity contribution in [2.75, 3.05) is 0 Å². The first-order chi connectivity index (χ1) is 10.9. The number of halogens is 3. The molecule has 0 aliphatic carbocycles. The second-order valence-electron chi connectivity index (χ2n) is 5.02. The van der Waals surface area contributed by atoms with Gasteiger partial charge in [-0.05, 0) is 5.56 Å². The average Bonchev–Trinajstić information content (AvgIpc) is 3.12. The number of nitrogens with one attached hydrogen (secondary N) is 4. The molecule has 7 nitrogen and oxygen atoms in total. The van der Waals surface area contributed by atoms with Crippen molar-refractivity contribution in [3.63, 3.8) is 0 Å². The Labute approximate surface area is 128 Å². The molecule has 2 heterocycles. The molecule has 122 valence electrons. The fraction of sp³-hybridized carbons (Fsp3) is 0.308. The third-order valence-corrected chi connectivity index (χ3v) is 3.42. The van der Waals surface area contributed by atoms with E-state index in [1.54, 1.807) is 5.10 Å². The lowest BCUT2D eigenvalue weighted by Crippen LogP contribution is -2.29. The zero-order valence-electron chi connectivity index (χ0n) is 11.7. The minimum absolute atomic E-state index is 0.0354. The van der Waals surface area contributed by atoms with Crippen LogP contribution in [0.4, 0.5) is 18.9 Å². The quantitative estimate of drug-likeness (QED) is 0.652. The van der Waals surface area contributed by atoms with E-state index in [2.05, 4.69) is 21.1 Å². The summed E-state index contributed by atoms with van der Waals surface area (Å²) < 4.78 is 38.2. The number of aromatic nitrogens is 2. The van der Waals surface area contributed by atoms with Crippen LogP contribution in [-0.2, 0) is 6.18 Å². The number of rotatable bonds is 3.